The quantitative estimate of drug-likeness (QED) is 0.648. The van der Waals surface area contributed by atoms with E-state index in [1.165, 1.54) is 0 Å². The maximum absolute atomic E-state index is 12.6. The number of ether oxygens (including phenoxy) is 2. The Balaban J connectivity index is 1.91. The standard InChI is InChI=1S/C20H20N2O5/c1-12-17-14(19(24)25-11-16(23)26-20(2,3)4)10-15(21-18(17)27-22-12)13-8-6-5-7-9-13/h5-10H,11H2,1-4H3. The van der Waals surface area contributed by atoms with Crippen molar-refractivity contribution in [1.82, 2.24) is 10.1 Å². The van der Waals surface area contributed by atoms with Gasteiger partial charge < -0.3 is 14.0 Å². The molecule has 140 valence electrons. The van der Waals surface area contributed by atoms with E-state index in [9.17, 15) is 9.59 Å². The van der Waals surface area contributed by atoms with Crippen molar-refractivity contribution in [3.63, 3.8) is 0 Å². The van der Waals surface area contributed by atoms with Gasteiger partial charge in [0.2, 0.25) is 0 Å². The van der Waals surface area contributed by atoms with E-state index in [1.807, 2.05) is 30.3 Å². The molecule has 2 heterocycles. The fourth-order valence-corrected chi connectivity index (χ4v) is 2.59. The lowest BCUT2D eigenvalue weighted by atomic mass is 10.1. The first kappa shape index (κ1) is 18.6. The van der Waals surface area contributed by atoms with Crippen LogP contribution >= 0.6 is 0 Å². The maximum Gasteiger partial charge on any atom is 0.344 e. The zero-order valence-electron chi connectivity index (χ0n) is 15.6. The van der Waals surface area contributed by atoms with Crippen LogP contribution in [-0.2, 0) is 14.3 Å². The number of aromatic nitrogens is 2. The van der Waals surface area contributed by atoms with Gasteiger partial charge in [-0.1, -0.05) is 35.5 Å². The molecule has 0 aliphatic heterocycles. The molecule has 0 spiro atoms. The Hall–Kier alpha value is -3.22. The zero-order chi connectivity index (χ0) is 19.6. The maximum atomic E-state index is 12.6. The first-order chi connectivity index (χ1) is 12.7. The lowest BCUT2D eigenvalue weighted by molar-refractivity contribution is -0.158. The lowest BCUT2D eigenvalue weighted by Crippen LogP contribution is -2.27. The Bertz CT molecular complexity index is 987. The number of nitrogens with zero attached hydrogens (tertiary/aromatic N) is 2. The molecule has 0 unspecified atom stereocenters. The summed E-state index contributed by atoms with van der Waals surface area (Å²) in [6, 6.07) is 11.0. The van der Waals surface area contributed by atoms with Crippen LogP contribution in [0.5, 0.6) is 0 Å². The number of aryl methyl sites for hydroxylation is 1. The SMILES string of the molecule is Cc1noc2nc(-c3ccccc3)cc(C(=O)OCC(=O)OC(C)(C)C)c12. The van der Waals surface area contributed by atoms with Gasteiger partial charge in [0.1, 0.15) is 5.60 Å². The lowest BCUT2D eigenvalue weighted by Gasteiger charge is -2.19. The van der Waals surface area contributed by atoms with Gasteiger partial charge in [0, 0.05) is 5.56 Å². The Morgan fingerprint density at radius 2 is 1.85 bits per heavy atom. The van der Waals surface area contributed by atoms with Crippen LogP contribution < -0.4 is 0 Å². The van der Waals surface area contributed by atoms with E-state index >= 15 is 0 Å². The highest BCUT2D eigenvalue weighted by Crippen LogP contribution is 2.27. The van der Waals surface area contributed by atoms with Crippen molar-refractivity contribution in [2.45, 2.75) is 33.3 Å². The van der Waals surface area contributed by atoms with Crippen LogP contribution in [-0.4, -0.2) is 34.3 Å². The van der Waals surface area contributed by atoms with E-state index in [2.05, 4.69) is 10.1 Å². The van der Waals surface area contributed by atoms with E-state index in [0.29, 0.717) is 16.8 Å². The van der Waals surface area contributed by atoms with Gasteiger partial charge in [-0.15, -0.1) is 0 Å². The molecular weight excluding hydrogens is 348 g/mol. The molecule has 0 saturated carbocycles. The molecule has 0 amide bonds. The Labute approximate surface area is 156 Å². The first-order valence-corrected chi connectivity index (χ1v) is 8.46. The summed E-state index contributed by atoms with van der Waals surface area (Å²) in [6.45, 7) is 6.45. The normalized spacial score (nSPS) is 11.4. The molecular formula is C20H20N2O5. The molecule has 0 aliphatic rings. The number of pyridine rings is 1. The van der Waals surface area contributed by atoms with Crippen molar-refractivity contribution in [3.05, 3.63) is 47.7 Å². The Kier molecular flexibility index (Phi) is 4.94. The van der Waals surface area contributed by atoms with Gasteiger partial charge in [-0.05, 0) is 33.8 Å². The fraction of sp³-hybridized carbons (Fsp3) is 0.300. The number of hydrogen-bond donors (Lipinski definition) is 0. The molecule has 0 atom stereocenters. The van der Waals surface area contributed by atoms with Gasteiger partial charge in [0.15, 0.2) is 6.61 Å². The van der Waals surface area contributed by atoms with E-state index < -0.39 is 24.1 Å². The van der Waals surface area contributed by atoms with Crippen molar-refractivity contribution in [3.8, 4) is 11.3 Å². The highest BCUT2D eigenvalue weighted by Gasteiger charge is 2.22. The molecule has 1 aromatic carbocycles. The van der Waals surface area contributed by atoms with Crippen LogP contribution in [0.1, 0.15) is 36.8 Å². The van der Waals surface area contributed by atoms with Gasteiger partial charge >= 0.3 is 11.9 Å². The second-order valence-electron chi connectivity index (χ2n) is 7.03. The molecule has 3 aromatic rings. The summed E-state index contributed by atoms with van der Waals surface area (Å²) in [6.07, 6.45) is 0. The van der Waals surface area contributed by atoms with Crippen molar-refractivity contribution < 1.29 is 23.6 Å². The average Bonchev–Trinajstić information content (AvgIpc) is 2.99. The smallest absolute Gasteiger partial charge is 0.344 e. The van der Waals surface area contributed by atoms with E-state index in [0.717, 1.165) is 5.56 Å². The summed E-state index contributed by atoms with van der Waals surface area (Å²) < 4.78 is 15.5. The molecule has 3 rings (SSSR count). The highest BCUT2D eigenvalue weighted by atomic mass is 16.6. The molecule has 0 fully saturated rings. The van der Waals surface area contributed by atoms with Crippen molar-refractivity contribution in [2.75, 3.05) is 6.61 Å². The molecule has 7 nitrogen and oxygen atoms in total. The van der Waals surface area contributed by atoms with Crippen LogP contribution in [0, 0.1) is 6.92 Å². The highest BCUT2D eigenvalue weighted by molar-refractivity contribution is 6.04. The fourth-order valence-electron chi connectivity index (χ4n) is 2.59. The Morgan fingerprint density at radius 3 is 2.52 bits per heavy atom. The first-order valence-electron chi connectivity index (χ1n) is 8.46. The predicted octanol–water partition coefficient (Wildman–Crippen LogP) is 3.70. The van der Waals surface area contributed by atoms with E-state index in [-0.39, 0.29) is 11.3 Å². The summed E-state index contributed by atoms with van der Waals surface area (Å²) in [7, 11) is 0. The summed E-state index contributed by atoms with van der Waals surface area (Å²) >= 11 is 0. The molecule has 7 heteroatoms. The number of rotatable bonds is 4. The third kappa shape index (κ3) is 4.31. The van der Waals surface area contributed by atoms with Gasteiger partial charge in [0.05, 0.1) is 22.3 Å². The topological polar surface area (TPSA) is 91.5 Å². The summed E-state index contributed by atoms with van der Waals surface area (Å²) in [4.78, 5) is 28.9. The minimum Gasteiger partial charge on any atom is -0.457 e. The number of carbonyl (C=O) groups is 2. The number of carbonyl (C=O) groups excluding carboxylic acids is 2. The molecule has 2 aromatic heterocycles. The summed E-state index contributed by atoms with van der Waals surface area (Å²) in [5.74, 6) is -1.29. The molecule has 0 N–H and O–H groups in total. The van der Waals surface area contributed by atoms with Crippen molar-refractivity contribution >= 4 is 23.0 Å². The molecule has 0 bridgehead atoms. The second-order valence-corrected chi connectivity index (χ2v) is 7.03. The third-order valence-electron chi connectivity index (χ3n) is 3.65. The molecule has 27 heavy (non-hydrogen) atoms. The van der Waals surface area contributed by atoms with Crippen LogP contribution in [0.2, 0.25) is 0 Å². The number of fused-ring (bicyclic) bond motifs is 1. The van der Waals surface area contributed by atoms with E-state index in [1.54, 1.807) is 33.8 Å². The van der Waals surface area contributed by atoms with E-state index in [4.69, 9.17) is 14.0 Å². The third-order valence-corrected chi connectivity index (χ3v) is 3.65. The Morgan fingerprint density at radius 1 is 1.15 bits per heavy atom. The monoisotopic (exact) mass is 368 g/mol. The molecule has 0 radical (unpaired) electrons. The van der Waals surface area contributed by atoms with Crippen LogP contribution in [0.3, 0.4) is 0 Å². The van der Waals surface area contributed by atoms with Gasteiger partial charge in [0.25, 0.3) is 5.71 Å². The van der Waals surface area contributed by atoms with Crippen LogP contribution in [0.4, 0.5) is 0 Å². The number of hydrogen-bond acceptors (Lipinski definition) is 7. The zero-order valence-corrected chi connectivity index (χ0v) is 15.6. The minimum atomic E-state index is -0.670. The molecule has 0 saturated heterocycles. The molecule has 0 aliphatic carbocycles. The average molecular weight is 368 g/mol. The minimum absolute atomic E-state index is 0.234. The van der Waals surface area contributed by atoms with Crippen LogP contribution in [0.25, 0.3) is 22.4 Å². The predicted molar refractivity (Wildman–Crippen MR) is 98.1 cm³/mol. The van der Waals surface area contributed by atoms with Gasteiger partial charge in [-0.25, -0.2) is 14.6 Å². The van der Waals surface area contributed by atoms with Crippen molar-refractivity contribution in [2.24, 2.45) is 0 Å². The van der Waals surface area contributed by atoms with Crippen LogP contribution in [0.15, 0.2) is 40.9 Å². The second kappa shape index (κ2) is 7.19. The van der Waals surface area contributed by atoms with Gasteiger partial charge in [-0.3, -0.25) is 0 Å². The largest absolute Gasteiger partial charge is 0.457 e. The summed E-state index contributed by atoms with van der Waals surface area (Å²) in [5, 5.41) is 4.34. The number of benzene rings is 1. The van der Waals surface area contributed by atoms with Gasteiger partial charge in [-0.2, -0.15) is 0 Å². The van der Waals surface area contributed by atoms with Crippen molar-refractivity contribution in [1.29, 1.82) is 0 Å². The number of esters is 2. The summed E-state index contributed by atoms with van der Waals surface area (Å²) in [5.41, 5.74) is 1.69.